The molecule has 12 rings (SSSR count). The molecule has 6 aromatic carbocycles. The fourth-order valence-electron chi connectivity index (χ4n) is 10.2. The normalized spacial score (nSPS) is 20.7. The highest BCUT2D eigenvalue weighted by molar-refractivity contribution is 5.97. The maximum Gasteiger partial charge on any atom is 0.134 e. The Morgan fingerprint density at radius 2 is 1.28 bits per heavy atom. The van der Waals surface area contributed by atoms with E-state index in [2.05, 4.69) is 175 Å². The van der Waals surface area contributed by atoms with Crippen molar-refractivity contribution in [2.45, 2.75) is 50.0 Å². The maximum atomic E-state index is 6.37. The summed E-state index contributed by atoms with van der Waals surface area (Å²) >= 11 is 0. The number of fused-ring (bicyclic) bond motifs is 7. The summed E-state index contributed by atoms with van der Waals surface area (Å²) in [5.41, 5.74) is 17.1. The van der Waals surface area contributed by atoms with Gasteiger partial charge < -0.3 is 14.2 Å². The minimum Gasteiger partial charge on any atom is -0.460 e. The van der Waals surface area contributed by atoms with Gasteiger partial charge in [-0.15, -0.1) is 0 Å². The molecule has 3 heteroatoms. The lowest BCUT2D eigenvalue weighted by Crippen LogP contribution is -2.19. The first-order valence-electron chi connectivity index (χ1n) is 20.9. The molecule has 1 N–H and O–H groups in total. The molecule has 1 fully saturated rings. The van der Waals surface area contributed by atoms with Crippen molar-refractivity contribution in [1.29, 1.82) is 0 Å². The van der Waals surface area contributed by atoms with Crippen LogP contribution in [0.5, 0.6) is 0 Å². The molecule has 0 radical (unpaired) electrons. The van der Waals surface area contributed by atoms with E-state index in [4.69, 9.17) is 8.83 Å². The summed E-state index contributed by atoms with van der Waals surface area (Å²) in [4.78, 5) is 0. The molecule has 3 unspecified atom stereocenters. The van der Waals surface area contributed by atoms with Gasteiger partial charge in [-0.25, -0.2) is 0 Å². The molecule has 1 aliphatic heterocycles. The highest BCUT2D eigenvalue weighted by atomic mass is 16.3. The Kier molecular flexibility index (Phi) is 7.66. The molecule has 3 nitrogen and oxygen atoms in total. The van der Waals surface area contributed by atoms with Gasteiger partial charge in [0.2, 0.25) is 0 Å². The van der Waals surface area contributed by atoms with Crippen LogP contribution < -0.4 is 5.32 Å². The summed E-state index contributed by atoms with van der Waals surface area (Å²) in [7, 11) is 0. The number of hydrogen-bond donors (Lipinski definition) is 1. The van der Waals surface area contributed by atoms with Gasteiger partial charge in [-0.1, -0.05) is 127 Å². The van der Waals surface area contributed by atoms with Gasteiger partial charge in [0, 0.05) is 45.9 Å². The first-order chi connectivity index (χ1) is 28.6. The number of aryl methyl sites for hydroxylation is 2. The van der Waals surface area contributed by atoms with Crippen molar-refractivity contribution in [2.75, 3.05) is 0 Å². The summed E-state index contributed by atoms with van der Waals surface area (Å²) < 4.78 is 12.7. The Morgan fingerprint density at radius 3 is 2.17 bits per heavy atom. The number of allylic oxidation sites excluding steroid dienone is 3. The molecule has 3 heterocycles. The van der Waals surface area contributed by atoms with Crippen molar-refractivity contribution >= 4 is 45.4 Å². The van der Waals surface area contributed by atoms with E-state index >= 15 is 0 Å². The van der Waals surface area contributed by atoms with Crippen molar-refractivity contribution in [2.24, 2.45) is 5.92 Å². The predicted molar refractivity (Wildman–Crippen MR) is 238 cm³/mol. The first kappa shape index (κ1) is 33.5. The molecular formula is C55H43NO2. The van der Waals surface area contributed by atoms with E-state index in [0.29, 0.717) is 5.92 Å². The van der Waals surface area contributed by atoms with Gasteiger partial charge in [0.1, 0.15) is 22.7 Å². The Balaban J connectivity index is 1.04. The zero-order chi connectivity index (χ0) is 38.2. The molecule has 8 aromatic rings. The second kappa shape index (κ2) is 13.2. The topological polar surface area (TPSA) is 38.3 Å². The second-order valence-corrected chi connectivity index (χ2v) is 16.8. The molecule has 0 spiro atoms. The molecule has 3 atom stereocenters. The summed E-state index contributed by atoms with van der Waals surface area (Å²) in [5.74, 6) is 2.70. The third-order valence-corrected chi connectivity index (χ3v) is 13.3. The van der Waals surface area contributed by atoms with Gasteiger partial charge in [-0.05, 0) is 124 Å². The average Bonchev–Trinajstić information content (AvgIpc) is 3.72. The third kappa shape index (κ3) is 5.63. The van der Waals surface area contributed by atoms with Gasteiger partial charge in [0.25, 0.3) is 0 Å². The smallest absolute Gasteiger partial charge is 0.134 e. The highest BCUT2D eigenvalue weighted by Gasteiger charge is 2.56. The largest absolute Gasteiger partial charge is 0.460 e. The molecule has 0 saturated heterocycles. The van der Waals surface area contributed by atoms with Crippen LogP contribution in [0, 0.1) is 5.92 Å². The Hall–Kier alpha value is -6.58. The lowest BCUT2D eigenvalue weighted by molar-refractivity contribution is 0.530. The standard InChI is InChI=1S/C55H43NO2/c1-3-12-35(13-4-1)37-16-11-17-40(26-37)50-34-55(33-44(55)32-49(56-50)36-14-5-2-6-15-36)43-28-41(38-22-24-53-47(30-38)45-18-7-9-20-51(45)57-53)27-42(29-43)39-23-25-54-48(31-39)46-19-8-10-21-52(46)58-54/h1-9,11-20,23,25-31,34,44,49,56H,10,21-22,24,32-33H2. The van der Waals surface area contributed by atoms with Crippen LogP contribution in [0.4, 0.5) is 0 Å². The van der Waals surface area contributed by atoms with Crippen LogP contribution in [0.15, 0.2) is 167 Å². The molecule has 1 saturated carbocycles. The SMILES string of the molecule is C1=Cc2c(oc3ccc(-c4cc(C5=Cc6c(oc7ccccc67)CC5)cc(C56C=C(c7cccc(-c8ccccc8)c7)NC(c7ccccc7)CC5C6)c4)cc23)CC1. The van der Waals surface area contributed by atoms with Crippen LogP contribution >= 0.6 is 0 Å². The molecule has 2 aromatic heterocycles. The minimum absolute atomic E-state index is 0.107. The van der Waals surface area contributed by atoms with Crippen LogP contribution in [0.2, 0.25) is 0 Å². The van der Waals surface area contributed by atoms with Crippen LogP contribution in [-0.2, 0) is 18.3 Å². The van der Waals surface area contributed by atoms with Crippen LogP contribution in [0.1, 0.15) is 76.6 Å². The van der Waals surface area contributed by atoms with Gasteiger partial charge in [0.05, 0.1) is 6.04 Å². The number of benzene rings is 6. The van der Waals surface area contributed by atoms with E-state index in [-0.39, 0.29) is 11.5 Å². The van der Waals surface area contributed by atoms with Gasteiger partial charge in [-0.3, -0.25) is 0 Å². The summed E-state index contributed by atoms with van der Waals surface area (Å²) in [6.07, 6.45) is 15.6. The van der Waals surface area contributed by atoms with Gasteiger partial charge >= 0.3 is 0 Å². The Labute approximate surface area is 339 Å². The second-order valence-electron chi connectivity index (χ2n) is 16.8. The average molecular weight is 750 g/mol. The van der Waals surface area contributed by atoms with Gasteiger partial charge in [-0.2, -0.15) is 0 Å². The molecule has 0 bridgehead atoms. The molecule has 3 aliphatic carbocycles. The van der Waals surface area contributed by atoms with E-state index in [1.165, 1.54) is 77.7 Å². The highest BCUT2D eigenvalue weighted by Crippen LogP contribution is 2.62. The lowest BCUT2D eigenvalue weighted by atomic mass is 9.83. The zero-order valence-corrected chi connectivity index (χ0v) is 32.4. The van der Waals surface area contributed by atoms with Gasteiger partial charge in [0.15, 0.2) is 0 Å². The summed E-state index contributed by atoms with van der Waals surface area (Å²) in [5, 5.41) is 6.50. The van der Waals surface area contributed by atoms with Crippen molar-refractivity contribution in [3.63, 3.8) is 0 Å². The summed E-state index contributed by atoms with van der Waals surface area (Å²) in [6.45, 7) is 0. The quantitative estimate of drug-likeness (QED) is 0.184. The van der Waals surface area contributed by atoms with Crippen LogP contribution in [0.3, 0.4) is 0 Å². The Morgan fingerprint density at radius 1 is 0.552 bits per heavy atom. The molecule has 58 heavy (non-hydrogen) atoms. The van der Waals surface area contributed by atoms with Crippen molar-refractivity contribution < 1.29 is 8.83 Å². The number of furan rings is 2. The third-order valence-electron chi connectivity index (χ3n) is 13.3. The monoisotopic (exact) mass is 749 g/mol. The fourth-order valence-corrected chi connectivity index (χ4v) is 10.2. The molecule has 0 amide bonds. The number of rotatable bonds is 6. The molecule has 4 aliphatic rings. The minimum atomic E-state index is -0.107. The molecule has 280 valence electrons. The van der Waals surface area contributed by atoms with E-state index in [0.717, 1.165) is 61.2 Å². The van der Waals surface area contributed by atoms with Crippen LogP contribution in [0.25, 0.3) is 67.6 Å². The molecular weight excluding hydrogens is 707 g/mol. The van der Waals surface area contributed by atoms with E-state index in [1.807, 2.05) is 0 Å². The summed E-state index contributed by atoms with van der Waals surface area (Å²) in [6, 6.07) is 53.8. The fraction of sp³-hybridized carbons (Fsp3) is 0.164. The Bertz CT molecular complexity index is 2990. The number of nitrogens with one attached hydrogen (secondary N) is 1. The zero-order valence-electron chi connectivity index (χ0n) is 32.4. The predicted octanol–water partition coefficient (Wildman–Crippen LogP) is 14.0. The lowest BCUT2D eigenvalue weighted by Gasteiger charge is -2.22. The van der Waals surface area contributed by atoms with E-state index in [9.17, 15) is 0 Å². The maximum absolute atomic E-state index is 6.37. The van der Waals surface area contributed by atoms with E-state index in [1.54, 1.807) is 0 Å². The van der Waals surface area contributed by atoms with Crippen molar-refractivity contribution in [1.82, 2.24) is 5.32 Å². The van der Waals surface area contributed by atoms with Crippen molar-refractivity contribution in [3.05, 3.63) is 203 Å². The number of hydrogen-bond acceptors (Lipinski definition) is 3. The van der Waals surface area contributed by atoms with Crippen LogP contribution in [-0.4, -0.2) is 0 Å². The number of para-hydroxylation sites is 1. The first-order valence-corrected chi connectivity index (χ1v) is 20.9. The van der Waals surface area contributed by atoms with Crippen molar-refractivity contribution in [3.8, 4) is 22.3 Å². The van der Waals surface area contributed by atoms with E-state index < -0.39 is 0 Å².